The standard InChI is InChI=1S/C12H25N3O/c1-10(2)9-12(16)14-5-8-15-6-3-11(13)4-7-15/h10-11H,3-9,13H2,1-2H3,(H,14,16). The number of rotatable bonds is 5. The van der Waals surface area contributed by atoms with Gasteiger partial charge in [-0.25, -0.2) is 0 Å². The van der Waals surface area contributed by atoms with Gasteiger partial charge < -0.3 is 16.0 Å². The SMILES string of the molecule is CC(C)CC(=O)NCCN1CCC(N)CC1. The number of piperidine rings is 1. The Kier molecular flexibility index (Phi) is 5.77. The van der Waals surface area contributed by atoms with Crippen molar-refractivity contribution in [3.8, 4) is 0 Å². The van der Waals surface area contributed by atoms with Crippen molar-refractivity contribution in [1.82, 2.24) is 10.2 Å². The number of amides is 1. The number of nitrogens with two attached hydrogens (primary N) is 1. The monoisotopic (exact) mass is 227 g/mol. The molecule has 0 atom stereocenters. The number of nitrogens with zero attached hydrogens (tertiary/aromatic N) is 1. The highest BCUT2D eigenvalue weighted by Crippen LogP contribution is 2.06. The van der Waals surface area contributed by atoms with E-state index in [0.29, 0.717) is 18.4 Å². The highest BCUT2D eigenvalue weighted by molar-refractivity contribution is 5.75. The zero-order valence-electron chi connectivity index (χ0n) is 10.5. The Bertz CT molecular complexity index is 210. The minimum absolute atomic E-state index is 0.170. The topological polar surface area (TPSA) is 58.4 Å². The summed E-state index contributed by atoms with van der Waals surface area (Å²) in [6.07, 6.45) is 2.80. The van der Waals surface area contributed by atoms with Crippen LogP contribution in [-0.4, -0.2) is 43.0 Å². The highest BCUT2D eigenvalue weighted by atomic mass is 16.1. The van der Waals surface area contributed by atoms with Gasteiger partial charge in [-0.15, -0.1) is 0 Å². The summed E-state index contributed by atoms with van der Waals surface area (Å²) in [5.74, 6) is 0.608. The fourth-order valence-corrected chi connectivity index (χ4v) is 1.97. The molecule has 94 valence electrons. The minimum atomic E-state index is 0.170. The summed E-state index contributed by atoms with van der Waals surface area (Å²) in [7, 11) is 0. The van der Waals surface area contributed by atoms with E-state index in [1.807, 2.05) is 0 Å². The van der Waals surface area contributed by atoms with Gasteiger partial charge in [-0.1, -0.05) is 13.8 Å². The summed E-state index contributed by atoms with van der Waals surface area (Å²) < 4.78 is 0. The molecule has 0 aromatic rings. The maximum Gasteiger partial charge on any atom is 0.220 e. The molecule has 1 fully saturated rings. The lowest BCUT2D eigenvalue weighted by Gasteiger charge is -2.29. The first-order chi connectivity index (χ1) is 7.58. The zero-order valence-corrected chi connectivity index (χ0v) is 10.5. The normalized spacial score (nSPS) is 19.0. The van der Waals surface area contributed by atoms with Crippen LogP contribution in [0.15, 0.2) is 0 Å². The molecule has 4 heteroatoms. The third-order valence-corrected chi connectivity index (χ3v) is 2.98. The number of likely N-dealkylation sites (tertiary alicyclic amines) is 1. The van der Waals surface area contributed by atoms with Crippen LogP contribution in [0.1, 0.15) is 33.1 Å². The first kappa shape index (κ1) is 13.5. The van der Waals surface area contributed by atoms with Crippen molar-refractivity contribution in [2.24, 2.45) is 11.7 Å². The van der Waals surface area contributed by atoms with Gasteiger partial charge in [0.25, 0.3) is 0 Å². The number of carbonyl (C=O) groups is 1. The fraction of sp³-hybridized carbons (Fsp3) is 0.917. The van der Waals surface area contributed by atoms with Crippen LogP contribution in [0.4, 0.5) is 0 Å². The quantitative estimate of drug-likeness (QED) is 0.722. The Balaban J connectivity index is 2.04. The molecule has 16 heavy (non-hydrogen) atoms. The van der Waals surface area contributed by atoms with Crippen LogP contribution in [0.25, 0.3) is 0 Å². The second-order valence-electron chi connectivity index (χ2n) is 5.13. The summed E-state index contributed by atoms with van der Waals surface area (Å²) in [4.78, 5) is 13.8. The first-order valence-corrected chi connectivity index (χ1v) is 6.32. The molecule has 0 aromatic heterocycles. The van der Waals surface area contributed by atoms with Crippen LogP contribution < -0.4 is 11.1 Å². The molecule has 0 bridgehead atoms. The zero-order chi connectivity index (χ0) is 12.0. The Morgan fingerprint density at radius 3 is 2.62 bits per heavy atom. The molecule has 0 aromatic carbocycles. The molecule has 1 aliphatic heterocycles. The number of hydrogen-bond acceptors (Lipinski definition) is 3. The van der Waals surface area contributed by atoms with E-state index in [2.05, 4.69) is 24.1 Å². The van der Waals surface area contributed by atoms with Crippen molar-refractivity contribution < 1.29 is 4.79 Å². The molecular weight excluding hydrogens is 202 g/mol. The van der Waals surface area contributed by atoms with Gasteiger partial charge in [0, 0.05) is 25.6 Å². The smallest absolute Gasteiger partial charge is 0.220 e. The average molecular weight is 227 g/mol. The van der Waals surface area contributed by atoms with E-state index in [1.165, 1.54) is 0 Å². The van der Waals surface area contributed by atoms with Crippen molar-refractivity contribution in [2.45, 2.75) is 39.2 Å². The Hall–Kier alpha value is -0.610. The average Bonchev–Trinajstić information content (AvgIpc) is 2.20. The van der Waals surface area contributed by atoms with Gasteiger partial charge in [-0.3, -0.25) is 4.79 Å². The molecule has 0 radical (unpaired) electrons. The predicted molar refractivity (Wildman–Crippen MR) is 66.1 cm³/mol. The Morgan fingerprint density at radius 1 is 1.44 bits per heavy atom. The summed E-state index contributed by atoms with van der Waals surface area (Å²) in [5.41, 5.74) is 5.83. The van der Waals surface area contributed by atoms with Gasteiger partial charge in [0.2, 0.25) is 5.91 Å². The van der Waals surface area contributed by atoms with E-state index in [9.17, 15) is 4.79 Å². The van der Waals surface area contributed by atoms with Gasteiger partial charge in [-0.2, -0.15) is 0 Å². The minimum Gasteiger partial charge on any atom is -0.355 e. The molecular formula is C12H25N3O. The largest absolute Gasteiger partial charge is 0.355 e. The van der Waals surface area contributed by atoms with Crippen LogP contribution in [0.5, 0.6) is 0 Å². The maximum atomic E-state index is 11.4. The van der Waals surface area contributed by atoms with Crippen LogP contribution >= 0.6 is 0 Å². The third kappa shape index (κ3) is 5.47. The van der Waals surface area contributed by atoms with Crippen LogP contribution in [0.2, 0.25) is 0 Å². The van der Waals surface area contributed by atoms with Gasteiger partial charge in [0.05, 0.1) is 0 Å². The van der Waals surface area contributed by atoms with Crippen molar-refractivity contribution in [3.63, 3.8) is 0 Å². The summed E-state index contributed by atoms with van der Waals surface area (Å²) >= 11 is 0. The number of hydrogen-bond donors (Lipinski definition) is 2. The lowest BCUT2D eigenvalue weighted by atomic mass is 10.1. The van der Waals surface area contributed by atoms with E-state index in [0.717, 1.165) is 39.0 Å². The molecule has 1 amide bonds. The Morgan fingerprint density at radius 2 is 2.06 bits per heavy atom. The lowest BCUT2D eigenvalue weighted by molar-refractivity contribution is -0.121. The van der Waals surface area contributed by atoms with Gasteiger partial charge >= 0.3 is 0 Å². The van der Waals surface area contributed by atoms with E-state index in [4.69, 9.17) is 5.73 Å². The lowest BCUT2D eigenvalue weighted by Crippen LogP contribution is -2.43. The van der Waals surface area contributed by atoms with Gasteiger partial charge in [-0.05, 0) is 31.8 Å². The van der Waals surface area contributed by atoms with E-state index in [-0.39, 0.29) is 5.91 Å². The molecule has 0 saturated carbocycles. The van der Waals surface area contributed by atoms with E-state index in [1.54, 1.807) is 0 Å². The second kappa shape index (κ2) is 6.86. The van der Waals surface area contributed by atoms with Crippen molar-refractivity contribution >= 4 is 5.91 Å². The van der Waals surface area contributed by atoms with E-state index >= 15 is 0 Å². The van der Waals surface area contributed by atoms with Crippen LogP contribution in [0, 0.1) is 5.92 Å². The molecule has 0 unspecified atom stereocenters. The maximum absolute atomic E-state index is 11.4. The second-order valence-corrected chi connectivity index (χ2v) is 5.13. The predicted octanol–water partition coefficient (Wildman–Crippen LogP) is 0.572. The van der Waals surface area contributed by atoms with Crippen molar-refractivity contribution in [1.29, 1.82) is 0 Å². The molecule has 1 aliphatic rings. The van der Waals surface area contributed by atoms with Crippen LogP contribution in [0.3, 0.4) is 0 Å². The number of carbonyl (C=O) groups excluding carboxylic acids is 1. The molecule has 1 rings (SSSR count). The summed E-state index contributed by atoms with van der Waals surface area (Å²) in [6.45, 7) is 7.98. The Labute approximate surface area is 98.6 Å². The van der Waals surface area contributed by atoms with E-state index < -0.39 is 0 Å². The molecule has 0 aliphatic carbocycles. The fourth-order valence-electron chi connectivity index (χ4n) is 1.97. The summed E-state index contributed by atoms with van der Waals surface area (Å²) in [5, 5.41) is 2.96. The van der Waals surface area contributed by atoms with Gasteiger partial charge in [0.1, 0.15) is 0 Å². The third-order valence-electron chi connectivity index (χ3n) is 2.98. The summed E-state index contributed by atoms with van der Waals surface area (Å²) in [6, 6.07) is 0.381. The van der Waals surface area contributed by atoms with Gasteiger partial charge in [0.15, 0.2) is 0 Å². The molecule has 1 heterocycles. The van der Waals surface area contributed by atoms with Crippen LogP contribution in [-0.2, 0) is 4.79 Å². The highest BCUT2D eigenvalue weighted by Gasteiger charge is 2.15. The molecule has 4 nitrogen and oxygen atoms in total. The first-order valence-electron chi connectivity index (χ1n) is 6.32. The molecule has 0 spiro atoms. The van der Waals surface area contributed by atoms with Crippen molar-refractivity contribution in [3.05, 3.63) is 0 Å². The van der Waals surface area contributed by atoms with Crippen molar-refractivity contribution in [2.75, 3.05) is 26.2 Å². The molecule has 1 saturated heterocycles. The molecule has 3 N–H and O–H groups in total. The number of nitrogens with one attached hydrogen (secondary N) is 1.